The molecule has 5 nitrogen and oxygen atoms in total. The Morgan fingerprint density at radius 2 is 2.40 bits per heavy atom. The van der Waals surface area contributed by atoms with Gasteiger partial charge in [0.2, 0.25) is 0 Å². The smallest absolute Gasteiger partial charge is 0.321 e. The Bertz CT molecular complexity index is 463. The fourth-order valence-electron chi connectivity index (χ4n) is 2.72. The molecule has 1 aromatic rings. The van der Waals surface area contributed by atoms with Gasteiger partial charge in [-0.2, -0.15) is 0 Å². The lowest BCUT2D eigenvalue weighted by Gasteiger charge is -2.32. The molecule has 1 atom stereocenters. The van der Waals surface area contributed by atoms with E-state index in [1.807, 2.05) is 20.0 Å². The molecular formula is C15H24N4O. The van der Waals surface area contributed by atoms with Gasteiger partial charge in [0, 0.05) is 38.2 Å². The molecule has 0 aliphatic carbocycles. The van der Waals surface area contributed by atoms with Crippen LogP contribution in [0.25, 0.3) is 0 Å². The Kier molecular flexibility index (Phi) is 4.95. The molecule has 110 valence electrons. The number of likely N-dealkylation sites (tertiary alicyclic amines) is 1. The van der Waals surface area contributed by atoms with E-state index in [0.29, 0.717) is 5.92 Å². The zero-order valence-corrected chi connectivity index (χ0v) is 12.6. The van der Waals surface area contributed by atoms with Gasteiger partial charge in [0.05, 0.1) is 0 Å². The van der Waals surface area contributed by atoms with Gasteiger partial charge < -0.3 is 15.1 Å². The average molecular weight is 276 g/mol. The minimum atomic E-state index is -0.0486. The van der Waals surface area contributed by atoms with E-state index >= 15 is 0 Å². The molecule has 0 spiro atoms. The summed E-state index contributed by atoms with van der Waals surface area (Å²) < 4.78 is 0. The third-order valence-corrected chi connectivity index (χ3v) is 3.86. The second-order valence-electron chi connectivity index (χ2n) is 5.77. The Morgan fingerprint density at radius 3 is 3.10 bits per heavy atom. The standard InChI is InChI=1S/C15H24N4O/c1-12-9-16-7-6-14(12)17-15(20)19(3)11-13-5-4-8-18(2)10-13/h6-7,9,13H,4-5,8,10-11H2,1-3H3,(H,16,17,20). The minimum Gasteiger partial charge on any atom is -0.327 e. The summed E-state index contributed by atoms with van der Waals surface area (Å²) in [6.45, 7) is 4.99. The third-order valence-electron chi connectivity index (χ3n) is 3.86. The van der Waals surface area contributed by atoms with Crippen molar-refractivity contribution in [2.45, 2.75) is 19.8 Å². The van der Waals surface area contributed by atoms with Crippen LogP contribution in [-0.2, 0) is 0 Å². The monoisotopic (exact) mass is 276 g/mol. The van der Waals surface area contributed by atoms with Crippen LogP contribution in [-0.4, -0.2) is 54.5 Å². The summed E-state index contributed by atoms with van der Waals surface area (Å²) in [7, 11) is 4.01. The molecule has 0 saturated carbocycles. The first-order valence-electron chi connectivity index (χ1n) is 7.17. The molecule has 20 heavy (non-hydrogen) atoms. The zero-order chi connectivity index (χ0) is 14.5. The van der Waals surface area contributed by atoms with Crippen LogP contribution in [0, 0.1) is 12.8 Å². The van der Waals surface area contributed by atoms with Crippen LogP contribution >= 0.6 is 0 Å². The molecule has 1 aromatic heterocycles. The molecule has 0 aromatic carbocycles. The maximum Gasteiger partial charge on any atom is 0.321 e. The number of piperidine rings is 1. The van der Waals surface area contributed by atoms with E-state index in [1.165, 1.54) is 19.4 Å². The third kappa shape index (κ3) is 3.93. The molecule has 1 aliphatic rings. The van der Waals surface area contributed by atoms with Crippen LogP contribution in [0.5, 0.6) is 0 Å². The van der Waals surface area contributed by atoms with E-state index < -0.39 is 0 Å². The molecule has 1 unspecified atom stereocenters. The van der Waals surface area contributed by atoms with Crippen molar-refractivity contribution >= 4 is 11.7 Å². The number of pyridine rings is 1. The Balaban J connectivity index is 1.87. The lowest BCUT2D eigenvalue weighted by Crippen LogP contribution is -2.41. The largest absolute Gasteiger partial charge is 0.327 e. The number of carbonyl (C=O) groups excluding carboxylic acids is 1. The van der Waals surface area contributed by atoms with Gasteiger partial charge in [-0.25, -0.2) is 4.79 Å². The van der Waals surface area contributed by atoms with Crippen molar-refractivity contribution < 1.29 is 4.79 Å². The van der Waals surface area contributed by atoms with Gasteiger partial charge >= 0.3 is 6.03 Å². The van der Waals surface area contributed by atoms with Crippen molar-refractivity contribution in [3.8, 4) is 0 Å². The van der Waals surface area contributed by atoms with Gasteiger partial charge in [-0.15, -0.1) is 0 Å². The number of hydrogen-bond acceptors (Lipinski definition) is 3. The van der Waals surface area contributed by atoms with Gasteiger partial charge in [0.15, 0.2) is 0 Å². The second-order valence-corrected chi connectivity index (χ2v) is 5.77. The highest BCUT2D eigenvalue weighted by atomic mass is 16.2. The fourth-order valence-corrected chi connectivity index (χ4v) is 2.72. The molecular weight excluding hydrogens is 252 g/mol. The molecule has 1 saturated heterocycles. The van der Waals surface area contributed by atoms with Gasteiger partial charge in [0.1, 0.15) is 0 Å². The van der Waals surface area contributed by atoms with Crippen molar-refractivity contribution in [2.24, 2.45) is 5.92 Å². The lowest BCUT2D eigenvalue weighted by molar-refractivity contribution is 0.170. The predicted molar refractivity (Wildman–Crippen MR) is 80.8 cm³/mol. The molecule has 1 aliphatic heterocycles. The molecule has 0 bridgehead atoms. The van der Waals surface area contributed by atoms with Crippen LogP contribution in [0.2, 0.25) is 0 Å². The van der Waals surface area contributed by atoms with Gasteiger partial charge in [0.25, 0.3) is 0 Å². The summed E-state index contributed by atoms with van der Waals surface area (Å²) >= 11 is 0. The highest BCUT2D eigenvalue weighted by Crippen LogP contribution is 2.17. The summed E-state index contributed by atoms with van der Waals surface area (Å²) in [5.74, 6) is 0.572. The van der Waals surface area contributed by atoms with E-state index in [-0.39, 0.29) is 6.03 Å². The minimum absolute atomic E-state index is 0.0486. The highest BCUT2D eigenvalue weighted by molar-refractivity contribution is 5.89. The molecule has 2 amide bonds. The maximum absolute atomic E-state index is 12.2. The lowest BCUT2D eigenvalue weighted by atomic mass is 9.98. The number of aryl methyl sites for hydroxylation is 1. The number of hydrogen-bond donors (Lipinski definition) is 1. The highest BCUT2D eigenvalue weighted by Gasteiger charge is 2.20. The summed E-state index contributed by atoms with van der Waals surface area (Å²) in [6, 6.07) is 1.78. The van der Waals surface area contributed by atoms with Crippen LogP contribution in [0.1, 0.15) is 18.4 Å². The van der Waals surface area contributed by atoms with E-state index in [0.717, 1.165) is 24.3 Å². The molecule has 1 N–H and O–H groups in total. The molecule has 5 heteroatoms. The van der Waals surface area contributed by atoms with Crippen molar-refractivity contribution in [1.29, 1.82) is 0 Å². The van der Waals surface area contributed by atoms with Crippen LogP contribution in [0.4, 0.5) is 10.5 Å². The summed E-state index contributed by atoms with van der Waals surface area (Å²) in [5, 5.41) is 2.94. The van der Waals surface area contributed by atoms with Gasteiger partial charge in [-0.05, 0) is 50.9 Å². The second kappa shape index (κ2) is 6.70. The van der Waals surface area contributed by atoms with Crippen LogP contribution < -0.4 is 5.32 Å². The van der Waals surface area contributed by atoms with E-state index in [2.05, 4.69) is 22.2 Å². The van der Waals surface area contributed by atoms with E-state index in [1.54, 1.807) is 17.3 Å². The van der Waals surface area contributed by atoms with Crippen molar-refractivity contribution in [1.82, 2.24) is 14.8 Å². The summed E-state index contributed by atoms with van der Waals surface area (Å²) in [4.78, 5) is 20.4. The first-order valence-corrected chi connectivity index (χ1v) is 7.17. The number of urea groups is 1. The van der Waals surface area contributed by atoms with Gasteiger partial charge in [-0.3, -0.25) is 4.98 Å². The van der Waals surface area contributed by atoms with Crippen molar-refractivity contribution in [3.63, 3.8) is 0 Å². The number of aromatic nitrogens is 1. The maximum atomic E-state index is 12.2. The van der Waals surface area contributed by atoms with Crippen molar-refractivity contribution in [3.05, 3.63) is 24.0 Å². The first kappa shape index (κ1) is 14.8. The number of nitrogens with zero attached hydrogens (tertiary/aromatic N) is 3. The number of anilines is 1. The number of amides is 2. The molecule has 0 radical (unpaired) electrons. The topological polar surface area (TPSA) is 48.5 Å². The Labute approximate surface area is 121 Å². The summed E-state index contributed by atoms with van der Waals surface area (Å²) in [6.07, 6.45) is 5.88. The molecule has 1 fully saturated rings. The summed E-state index contributed by atoms with van der Waals surface area (Å²) in [5.41, 5.74) is 1.81. The number of rotatable bonds is 3. The quantitative estimate of drug-likeness (QED) is 0.920. The van der Waals surface area contributed by atoms with Crippen molar-refractivity contribution in [2.75, 3.05) is 39.0 Å². The number of carbonyl (C=O) groups is 1. The van der Waals surface area contributed by atoms with Gasteiger partial charge in [-0.1, -0.05) is 0 Å². The normalized spacial score (nSPS) is 19.6. The molecule has 2 rings (SSSR count). The van der Waals surface area contributed by atoms with Crippen LogP contribution in [0.3, 0.4) is 0 Å². The average Bonchev–Trinajstić information content (AvgIpc) is 2.41. The fraction of sp³-hybridized carbons (Fsp3) is 0.600. The Morgan fingerprint density at radius 1 is 1.60 bits per heavy atom. The predicted octanol–water partition coefficient (Wildman–Crippen LogP) is 2.20. The first-order chi connectivity index (χ1) is 9.56. The van der Waals surface area contributed by atoms with Crippen LogP contribution in [0.15, 0.2) is 18.5 Å². The zero-order valence-electron chi connectivity index (χ0n) is 12.6. The van der Waals surface area contributed by atoms with E-state index in [9.17, 15) is 4.79 Å². The molecule has 2 heterocycles. The number of nitrogens with one attached hydrogen (secondary N) is 1. The Hall–Kier alpha value is -1.62. The van der Waals surface area contributed by atoms with E-state index in [4.69, 9.17) is 0 Å². The SMILES string of the molecule is Cc1cnccc1NC(=O)N(C)CC1CCCN(C)C1.